The minimum absolute atomic E-state index is 0.0242. The molecule has 1 unspecified atom stereocenters. The maximum Gasteiger partial charge on any atom is 0.231 e. The first-order valence-electron chi connectivity index (χ1n) is 4.27. The fourth-order valence-electron chi connectivity index (χ4n) is 1.39. The van der Waals surface area contributed by atoms with Gasteiger partial charge in [-0.15, -0.1) is 16.7 Å². The van der Waals surface area contributed by atoms with Crippen molar-refractivity contribution in [3.63, 3.8) is 0 Å². The van der Waals surface area contributed by atoms with Gasteiger partial charge in [0.1, 0.15) is 16.8 Å². The molecule has 0 aliphatic carbocycles. The fraction of sp³-hybridized carbons (Fsp3) is 0.222. The second-order valence-electron chi connectivity index (χ2n) is 3.13. The number of hydrogen-bond acceptors (Lipinski definition) is 5. The normalized spacial score (nSPS) is 20.0. The number of amides is 1. The maximum atomic E-state index is 11.0. The van der Waals surface area contributed by atoms with Crippen molar-refractivity contribution in [3.8, 4) is 5.75 Å². The number of phenolic OH excluding ortho intramolecular Hbond substituents is 1. The molecule has 78 valence electrons. The van der Waals surface area contributed by atoms with Crippen LogP contribution in [0.1, 0.15) is 10.9 Å². The van der Waals surface area contributed by atoms with E-state index in [1.807, 2.05) is 0 Å². The summed E-state index contributed by atoms with van der Waals surface area (Å²) in [6.45, 7) is 0. The van der Waals surface area contributed by atoms with Crippen LogP contribution in [0.5, 0.6) is 5.75 Å². The number of thioether (sulfide) groups is 1. The van der Waals surface area contributed by atoms with E-state index in [1.54, 1.807) is 6.07 Å². The Bertz CT molecular complexity index is 422. The number of nitrogens with zero attached hydrogens (tertiary/aromatic N) is 1. The van der Waals surface area contributed by atoms with Crippen molar-refractivity contribution < 1.29 is 9.90 Å². The van der Waals surface area contributed by atoms with E-state index in [4.69, 9.17) is 0 Å². The average Bonchev–Trinajstić information content (AvgIpc) is 2.64. The van der Waals surface area contributed by atoms with Gasteiger partial charge in [-0.3, -0.25) is 4.79 Å². The number of aromatic hydroxyl groups is 1. The van der Waals surface area contributed by atoms with Crippen molar-refractivity contribution in [2.24, 2.45) is 5.18 Å². The van der Waals surface area contributed by atoms with Crippen molar-refractivity contribution in [1.29, 1.82) is 0 Å². The average molecular weight is 224 g/mol. The van der Waals surface area contributed by atoms with Gasteiger partial charge >= 0.3 is 0 Å². The Balaban J connectivity index is 2.31. The second-order valence-corrected chi connectivity index (χ2v) is 4.23. The molecule has 1 aliphatic rings. The molecule has 2 rings (SSSR count). The van der Waals surface area contributed by atoms with Crippen LogP contribution in [0.2, 0.25) is 0 Å². The van der Waals surface area contributed by atoms with E-state index in [9.17, 15) is 14.8 Å². The Morgan fingerprint density at radius 2 is 2.27 bits per heavy atom. The van der Waals surface area contributed by atoms with E-state index < -0.39 is 0 Å². The molecule has 0 radical (unpaired) electrons. The molecule has 5 nitrogen and oxygen atoms in total. The summed E-state index contributed by atoms with van der Waals surface area (Å²) < 4.78 is 0. The first-order chi connectivity index (χ1) is 7.19. The Hall–Kier alpha value is -1.56. The van der Waals surface area contributed by atoms with E-state index in [2.05, 4.69) is 10.5 Å². The van der Waals surface area contributed by atoms with E-state index in [-0.39, 0.29) is 22.7 Å². The van der Waals surface area contributed by atoms with Crippen molar-refractivity contribution in [2.75, 3.05) is 5.75 Å². The van der Waals surface area contributed by atoms with Crippen LogP contribution in [0.15, 0.2) is 23.4 Å². The first-order valence-corrected chi connectivity index (χ1v) is 5.32. The molecule has 0 aromatic heterocycles. The van der Waals surface area contributed by atoms with E-state index in [0.717, 1.165) is 0 Å². The number of hydrogen-bond donors (Lipinski definition) is 2. The third-order valence-electron chi connectivity index (χ3n) is 2.01. The summed E-state index contributed by atoms with van der Waals surface area (Å²) in [5.74, 6) is 0.322. The van der Waals surface area contributed by atoms with Gasteiger partial charge < -0.3 is 10.4 Å². The lowest BCUT2D eigenvalue weighted by Crippen LogP contribution is -2.18. The van der Waals surface area contributed by atoms with Gasteiger partial charge in [0.25, 0.3) is 0 Å². The number of rotatable bonds is 2. The molecular formula is C9H8N2O3S. The number of nitrogens with one attached hydrogen (secondary N) is 1. The molecule has 1 aliphatic heterocycles. The lowest BCUT2D eigenvalue weighted by Gasteiger charge is -2.09. The number of phenols is 1. The molecule has 1 fully saturated rings. The molecule has 0 bridgehead atoms. The summed E-state index contributed by atoms with van der Waals surface area (Å²) in [5, 5.41) is 14.6. The molecule has 1 heterocycles. The third kappa shape index (κ3) is 2.10. The molecule has 1 aromatic rings. The van der Waals surface area contributed by atoms with Crippen LogP contribution >= 0.6 is 11.8 Å². The molecule has 15 heavy (non-hydrogen) atoms. The van der Waals surface area contributed by atoms with Crippen LogP contribution in [-0.2, 0) is 4.79 Å². The SMILES string of the molecule is O=Nc1cc(O)cc(C2NC(=O)CS2)c1. The lowest BCUT2D eigenvalue weighted by molar-refractivity contribution is -0.118. The zero-order valence-corrected chi connectivity index (χ0v) is 8.45. The minimum Gasteiger partial charge on any atom is -0.508 e. The van der Waals surface area contributed by atoms with Crippen LogP contribution in [0, 0.1) is 4.91 Å². The number of carbonyl (C=O) groups excluding carboxylic acids is 1. The van der Waals surface area contributed by atoms with Crippen LogP contribution in [0.25, 0.3) is 0 Å². The van der Waals surface area contributed by atoms with Crippen LogP contribution in [0.4, 0.5) is 5.69 Å². The summed E-state index contributed by atoms with van der Waals surface area (Å²) in [6, 6.07) is 4.34. The van der Waals surface area contributed by atoms with E-state index in [0.29, 0.717) is 11.3 Å². The Morgan fingerprint density at radius 1 is 1.47 bits per heavy atom. The summed E-state index contributed by atoms with van der Waals surface area (Å²) in [7, 11) is 0. The fourth-order valence-corrected chi connectivity index (χ4v) is 2.33. The first kappa shape index (κ1) is 9.97. The van der Waals surface area contributed by atoms with Crippen molar-refractivity contribution in [2.45, 2.75) is 5.37 Å². The summed E-state index contributed by atoms with van der Waals surface area (Å²) >= 11 is 1.42. The highest BCUT2D eigenvalue weighted by Gasteiger charge is 2.23. The van der Waals surface area contributed by atoms with Crippen LogP contribution in [0.3, 0.4) is 0 Å². The molecule has 0 saturated carbocycles. The Morgan fingerprint density at radius 3 is 2.87 bits per heavy atom. The molecule has 0 spiro atoms. The van der Waals surface area contributed by atoms with Crippen molar-refractivity contribution in [1.82, 2.24) is 5.32 Å². The Kier molecular flexibility index (Phi) is 2.59. The van der Waals surface area contributed by atoms with E-state index >= 15 is 0 Å². The largest absolute Gasteiger partial charge is 0.508 e. The number of carbonyl (C=O) groups is 1. The maximum absolute atomic E-state index is 11.0. The quantitative estimate of drug-likeness (QED) is 0.748. The zero-order valence-electron chi connectivity index (χ0n) is 7.64. The summed E-state index contributed by atoms with van der Waals surface area (Å²) in [6.07, 6.45) is 0. The zero-order chi connectivity index (χ0) is 10.8. The minimum atomic E-state index is -0.204. The number of nitroso groups, excluding NO2 is 1. The second kappa shape index (κ2) is 3.90. The molecule has 1 amide bonds. The molecule has 6 heteroatoms. The van der Waals surface area contributed by atoms with Crippen molar-refractivity contribution >= 4 is 23.4 Å². The lowest BCUT2D eigenvalue weighted by atomic mass is 10.2. The van der Waals surface area contributed by atoms with Gasteiger partial charge in [0, 0.05) is 6.07 Å². The molecule has 1 aromatic carbocycles. The third-order valence-corrected chi connectivity index (χ3v) is 3.16. The molecule has 1 atom stereocenters. The summed E-state index contributed by atoms with van der Waals surface area (Å²) in [5.41, 5.74) is 0.840. The van der Waals surface area contributed by atoms with Crippen LogP contribution in [-0.4, -0.2) is 16.8 Å². The predicted octanol–water partition coefficient (Wildman–Crippen LogP) is 1.65. The standard InChI is InChI=1S/C9H8N2O3S/c12-7-2-5(1-6(3-7)11-14)9-10-8(13)4-15-9/h1-3,9,12H,4H2,(H,10,13). The van der Waals surface area contributed by atoms with Gasteiger partial charge in [0.15, 0.2) is 0 Å². The van der Waals surface area contributed by atoms with Gasteiger partial charge in [-0.05, 0) is 22.9 Å². The monoisotopic (exact) mass is 224 g/mol. The van der Waals surface area contributed by atoms with E-state index in [1.165, 1.54) is 23.9 Å². The topological polar surface area (TPSA) is 78.8 Å². The van der Waals surface area contributed by atoms with Gasteiger partial charge in [-0.1, -0.05) is 0 Å². The van der Waals surface area contributed by atoms with Gasteiger partial charge in [0.05, 0.1) is 5.75 Å². The Labute approximate surface area is 89.8 Å². The van der Waals surface area contributed by atoms with Crippen molar-refractivity contribution in [3.05, 3.63) is 28.7 Å². The van der Waals surface area contributed by atoms with Gasteiger partial charge in [-0.25, -0.2) is 0 Å². The molecule has 2 N–H and O–H groups in total. The highest BCUT2D eigenvalue weighted by atomic mass is 32.2. The highest BCUT2D eigenvalue weighted by Crippen LogP contribution is 2.34. The van der Waals surface area contributed by atoms with Gasteiger partial charge in [0.2, 0.25) is 5.91 Å². The molecule has 1 saturated heterocycles. The highest BCUT2D eigenvalue weighted by molar-refractivity contribution is 8.00. The van der Waals surface area contributed by atoms with Crippen LogP contribution < -0.4 is 5.32 Å². The number of benzene rings is 1. The van der Waals surface area contributed by atoms with Gasteiger partial charge in [-0.2, -0.15) is 0 Å². The predicted molar refractivity (Wildman–Crippen MR) is 56.9 cm³/mol. The molecular weight excluding hydrogens is 216 g/mol. The summed E-state index contributed by atoms with van der Waals surface area (Å²) in [4.78, 5) is 21.3. The smallest absolute Gasteiger partial charge is 0.231 e.